The van der Waals surface area contributed by atoms with Crippen LogP contribution >= 0.6 is 12.4 Å². The molecule has 1 rings (SSSR count). The van der Waals surface area contributed by atoms with E-state index in [2.05, 4.69) is 10.6 Å². The van der Waals surface area contributed by atoms with Gasteiger partial charge in [-0.05, 0) is 38.6 Å². The molecule has 0 heterocycles. The molecule has 1 amide bonds. The standard InChI is InChI=1S/C14H22N2O3.ClH/c1-10(2)19-12-6-4-11(5-7-12)13(17)8-16-14(18)9-15-3;/h4-7,10,13,15,17H,8-9H2,1-3H3,(H,16,18);1H. The Kier molecular flexibility index (Phi) is 8.96. The first kappa shape index (κ1) is 18.7. The molecule has 0 saturated heterocycles. The molecule has 1 unspecified atom stereocenters. The largest absolute Gasteiger partial charge is 0.491 e. The third-order valence-electron chi connectivity index (χ3n) is 2.47. The minimum atomic E-state index is -0.714. The fourth-order valence-electron chi connectivity index (χ4n) is 1.59. The second kappa shape index (κ2) is 9.58. The maximum atomic E-state index is 11.2. The first-order valence-electron chi connectivity index (χ1n) is 6.39. The lowest BCUT2D eigenvalue weighted by molar-refractivity contribution is -0.120. The van der Waals surface area contributed by atoms with Crippen LogP contribution in [-0.4, -0.2) is 37.3 Å². The van der Waals surface area contributed by atoms with Crippen molar-refractivity contribution in [2.24, 2.45) is 0 Å². The van der Waals surface area contributed by atoms with Gasteiger partial charge in [-0.3, -0.25) is 4.79 Å². The van der Waals surface area contributed by atoms with Gasteiger partial charge in [-0.15, -0.1) is 12.4 Å². The summed E-state index contributed by atoms with van der Waals surface area (Å²) in [5.41, 5.74) is 0.751. The molecule has 0 spiro atoms. The molecule has 0 radical (unpaired) electrons. The Labute approximate surface area is 126 Å². The molecule has 0 aliphatic rings. The molecule has 0 aliphatic heterocycles. The number of carbonyl (C=O) groups is 1. The zero-order valence-corrected chi connectivity index (χ0v) is 12.9. The van der Waals surface area contributed by atoms with Gasteiger partial charge in [0.2, 0.25) is 5.91 Å². The van der Waals surface area contributed by atoms with Crippen LogP contribution in [0, 0.1) is 0 Å². The zero-order valence-electron chi connectivity index (χ0n) is 12.1. The lowest BCUT2D eigenvalue weighted by Gasteiger charge is -2.14. The minimum Gasteiger partial charge on any atom is -0.491 e. The molecule has 0 aliphatic carbocycles. The number of nitrogens with one attached hydrogen (secondary N) is 2. The highest BCUT2D eigenvalue weighted by atomic mass is 35.5. The third-order valence-corrected chi connectivity index (χ3v) is 2.47. The average molecular weight is 303 g/mol. The minimum absolute atomic E-state index is 0. The van der Waals surface area contributed by atoms with Crippen molar-refractivity contribution in [2.75, 3.05) is 20.1 Å². The molecule has 6 heteroatoms. The van der Waals surface area contributed by atoms with E-state index in [-0.39, 0.29) is 37.5 Å². The number of aliphatic hydroxyl groups is 1. The number of benzene rings is 1. The summed E-state index contributed by atoms with van der Waals surface area (Å²) in [6.07, 6.45) is -0.592. The molecule has 1 aromatic rings. The number of ether oxygens (including phenoxy) is 1. The Hall–Kier alpha value is -1.30. The molecule has 1 atom stereocenters. The maximum Gasteiger partial charge on any atom is 0.234 e. The van der Waals surface area contributed by atoms with Gasteiger partial charge in [0.15, 0.2) is 0 Å². The maximum absolute atomic E-state index is 11.2. The Balaban J connectivity index is 0.00000361. The molecular weight excluding hydrogens is 280 g/mol. The Morgan fingerprint density at radius 1 is 1.30 bits per heavy atom. The number of halogens is 1. The molecule has 0 bridgehead atoms. The van der Waals surface area contributed by atoms with E-state index in [9.17, 15) is 9.90 Å². The third kappa shape index (κ3) is 6.75. The molecule has 20 heavy (non-hydrogen) atoms. The zero-order chi connectivity index (χ0) is 14.3. The predicted octanol–water partition coefficient (Wildman–Crippen LogP) is 1.26. The van der Waals surface area contributed by atoms with E-state index in [1.165, 1.54) is 0 Å². The molecule has 114 valence electrons. The van der Waals surface area contributed by atoms with Gasteiger partial charge in [-0.25, -0.2) is 0 Å². The van der Waals surface area contributed by atoms with E-state index >= 15 is 0 Å². The predicted molar refractivity (Wildman–Crippen MR) is 81.4 cm³/mol. The van der Waals surface area contributed by atoms with Crippen molar-refractivity contribution in [1.82, 2.24) is 10.6 Å². The van der Waals surface area contributed by atoms with Crippen LogP contribution in [0.3, 0.4) is 0 Å². The van der Waals surface area contributed by atoms with Gasteiger partial charge in [0.25, 0.3) is 0 Å². The van der Waals surface area contributed by atoms with Gasteiger partial charge in [0.1, 0.15) is 5.75 Å². The number of likely N-dealkylation sites (N-methyl/N-ethyl adjacent to an activating group) is 1. The van der Waals surface area contributed by atoms with Crippen LogP contribution in [0.1, 0.15) is 25.5 Å². The monoisotopic (exact) mass is 302 g/mol. The van der Waals surface area contributed by atoms with Crippen molar-refractivity contribution in [3.63, 3.8) is 0 Å². The van der Waals surface area contributed by atoms with E-state index in [0.29, 0.717) is 0 Å². The van der Waals surface area contributed by atoms with Crippen LogP contribution in [0.4, 0.5) is 0 Å². The fraction of sp³-hybridized carbons (Fsp3) is 0.500. The second-order valence-electron chi connectivity index (χ2n) is 4.59. The Bertz CT molecular complexity index is 396. The topological polar surface area (TPSA) is 70.6 Å². The molecule has 0 fully saturated rings. The van der Waals surface area contributed by atoms with Gasteiger partial charge in [-0.1, -0.05) is 12.1 Å². The van der Waals surface area contributed by atoms with Gasteiger partial charge in [0.05, 0.1) is 18.8 Å². The van der Waals surface area contributed by atoms with Gasteiger partial charge in [0, 0.05) is 6.54 Å². The van der Waals surface area contributed by atoms with Crippen LogP contribution in [0.2, 0.25) is 0 Å². The Morgan fingerprint density at radius 2 is 1.90 bits per heavy atom. The lowest BCUT2D eigenvalue weighted by Crippen LogP contribution is -2.34. The van der Waals surface area contributed by atoms with Gasteiger partial charge in [-0.2, -0.15) is 0 Å². The van der Waals surface area contributed by atoms with Crippen LogP contribution in [0.5, 0.6) is 5.75 Å². The quantitative estimate of drug-likeness (QED) is 0.709. The van der Waals surface area contributed by atoms with Crippen LogP contribution < -0.4 is 15.4 Å². The lowest BCUT2D eigenvalue weighted by atomic mass is 10.1. The molecule has 1 aromatic carbocycles. The number of hydrogen-bond acceptors (Lipinski definition) is 4. The number of hydrogen-bond donors (Lipinski definition) is 3. The average Bonchev–Trinajstić information content (AvgIpc) is 2.36. The van der Waals surface area contributed by atoms with Crippen LogP contribution in [0.15, 0.2) is 24.3 Å². The first-order valence-corrected chi connectivity index (χ1v) is 6.39. The van der Waals surface area contributed by atoms with Crippen molar-refractivity contribution in [2.45, 2.75) is 26.1 Å². The first-order chi connectivity index (χ1) is 9.02. The van der Waals surface area contributed by atoms with Crippen LogP contribution in [0.25, 0.3) is 0 Å². The Morgan fingerprint density at radius 3 is 2.40 bits per heavy atom. The number of aliphatic hydroxyl groups excluding tert-OH is 1. The van der Waals surface area contributed by atoms with Crippen molar-refractivity contribution < 1.29 is 14.6 Å². The normalized spacial score (nSPS) is 11.7. The van der Waals surface area contributed by atoms with E-state index in [4.69, 9.17) is 4.74 Å². The highest BCUT2D eigenvalue weighted by molar-refractivity contribution is 5.85. The molecule has 0 aromatic heterocycles. The molecule has 3 N–H and O–H groups in total. The van der Waals surface area contributed by atoms with E-state index < -0.39 is 6.10 Å². The van der Waals surface area contributed by atoms with Crippen molar-refractivity contribution in [3.8, 4) is 5.75 Å². The van der Waals surface area contributed by atoms with E-state index in [1.807, 2.05) is 26.0 Å². The van der Waals surface area contributed by atoms with Crippen molar-refractivity contribution >= 4 is 18.3 Å². The summed E-state index contributed by atoms with van der Waals surface area (Å²) in [6, 6.07) is 7.22. The molecule has 0 saturated carbocycles. The summed E-state index contributed by atoms with van der Waals surface area (Å²) in [5.74, 6) is 0.631. The highest BCUT2D eigenvalue weighted by Crippen LogP contribution is 2.18. The second-order valence-corrected chi connectivity index (χ2v) is 4.59. The summed E-state index contributed by atoms with van der Waals surface area (Å²) in [7, 11) is 1.70. The van der Waals surface area contributed by atoms with E-state index in [0.717, 1.165) is 11.3 Å². The van der Waals surface area contributed by atoms with Gasteiger partial charge < -0.3 is 20.5 Å². The number of carbonyl (C=O) groups excluding carboxylic acids is 1. The van der Waals surface area contributed by atoms with Crippen molar-refractivity contribution in [1.29, 1.82) is 0 Å². The number of amides is 1. The fourth-order valence-corrected chi connectivity index (χ4v) is 1.59. The van der Waals surface area contributed by atoms with Gasteiger partial charge >= 0.3 is 0 Å². The summed E-state index contributed by atoms with van der Waals surface area (Å²) >= 11 is 0. The SMILES string of the molecule is CNCC(=O)NCC(O)c1ccc(OC(C)C)cc1.Cl. The molecule has 5 nitrogen and oxygen atoms in total. The summed E-state index contributed by atoms with van der Waals surface area (Å²) < 4.78 is 5.52. The van der Waals surface area contributed by atoms with Crippen molar-refractivity contribution in [3.05, 3.63) is 29.8 Å². The van der Waals surface area contributed by atoms with Crippen LogP contribution in [-0.2, 0) is 4.79 Å². The summed E-state index contributed by atoms with van der Waals surface area (Å²) in [4.78, 5) is 11.2. The summed E-state index contributed by atoms with van der Waals surface area (Å²) in [6.45, 7) is 4.36. The number of rotatable bonds is 7. The molecular formula is C14H23ClN2O3. The van der Waals surface area contributed by atoms with E-state index in [1.54, 1.807) is 19.2 Å². The summed E-state index contributed by atoms with van der Waals surface area (Å²) in [5, 5.41) is 15.3. The smallest absolute Gasteiger partial charge is 0.234 e. The highest BCUT2D eigenvalue weighted by Gasteiger charge is 2.09.